The predicted octanol–water partition coefficient (Wildman–Crippen LogP) is 4.25. The molecule has 9 heteroatoms. The van der Waals surface area contributed by atoms with Gasteiger partial charge in [0.1, 0.15) is 6.04 Å². The molecule has 0 saturated heterocycles. The molecule has 1 aliphatic carbocycles. The number of rotatable bonds is 5. The normalized spacial score (nSPS) is 20.1. The molecular formula is C18H14N4O3S2. The number of hydrogen-bond acceptors (Lipinski definition) is 7. The minimum Gasteiger partial charge on any atom is -0.390 e. The van der Waals surface area contributed by atoms with Crippen molar-refractivity contribution in [3.05, 3.63) is 78.9 Å². The minimum atomic E-state index is -0.658. The van der Waals surface area contributed by atoms with Crippen LogP contribution >= 0.6 is 22.7 Å². The smallest absolute Gasteiger partial charge is 0.390 e. The van der Waals surface area contributed by atoms with Crippen LogP contribution in [0, 0.1) is 10.1 Å². The molecule has 0 radical (unpaired) electrons. The molecule has 7 nitrogen and oxygen atoms in total. The molecule has 0 aliphatic heterocycles. The van der Waals surface area contributed by atoms with E-state index in [-0.39, 0.29) is 11.7 Å². The lowest BCUT2D eigenvalue weighted by Crippen LogP contribution is -2.29. The lowest BCUT2D eigenvalue weighted by molar-refractivity contribution is -0.394. The van der Waals surface area contributed by atoms with E-state index in [4.69, 9.17) is 0 Å². The van der Waals surface area contributed by atoms with Gasteiger partial charge < -0.3 is 10.1 Å². The van der Waals surface area contributed by atoms with Crippen LogP contribution in [0.4, 0.5) is 5.95 Å². The second-order valence-corrected chi connectivity index (χ2v) is 7.98. The Morgan fingerprint density at radius 3 is 2.70 bits per heavy atom. The van der Waals surface area contributed by atoms with Gasteiger partial charge in [-0.05, 0) is 52.0 Å². The van der Waals surface area contributed by atoms with E-state index < -0.39 is 16.9 Å². The molecule has 1 aliphatic rings. The molecule has 0 N–H and O–H groups in total. The van der Waals surface area contributed by atoms with Gasteiger partial charge in [-0.1, -0.05) is 23.2 Å². The molecule has 27 heavy (non-hydrogen) atoms. The van der Waals surface area contributed by atoms with Crippen LogP contribution in [0.1, 0.15) is 28.1 Å². The molecule has 0 aromatic carbocycles. The average Bonchev–Trinajstić information content (AvgIpc) is 3.41. The third-order valence-corrected chi connectivity index (χ3v) is 6.16. The van der Waals surface area contributed by atoms with Crippen molar-refractivity contribution < 1.29 is 9.72 Å². The summed E-state index contributed by atoms with van der Waals surface area (Å²) >= 11 is 3.19. The van der Waals surface area contributed by atoms with Gasteiger partial charge >= 0.3 is 5.95 Å². The first-order chi connectivity index (χ1) is 13.1. The zero-order valence-electron chi connectivity index (χ0n) is 14.0. The molecule has 4 rings (SSSR count). The summed E-state index contributed by atoms with van der Waals surface area (Å²) in [4.78, 5) is 29.0. The highest BCUT2D eigenvalue weighted by Gasteiger charge is 2.37. The summed E-state index contributed by atoms with van der Waals surface area (Å²) in [5.41, 5.74) is 0.928. The molecule has 0 bridgehead atoms. The zero-order valence-corrected chi connectivity index (χ0v) is 15.6. The Balaban J connectivity index is 1.68. The van der Waals surface area contributed by atoms with E-state index in [1.165, 1.54) is 11.0 Å². The third kappa shape index (κ3) is 3.64. The van der Waals surface area contributed by atoms with E-state index in [2.05, 4.69) is 10.1 Å². The maximum absolute atomic E-state index is 12.9. The summed E-state index contributed by atoms with van der Waals surface area (Å²) < 4.78 is 1.32. The van der Waals surface area contributed by atoms with Crippen molar-refractivity contribution in [2.45, 2.75) is 18.4 Å². The van der Waals surface area contributed by atoms with Crippen molar-refractivity contribution in [2.75, 3.05) is 0 Å². The second kappa shape index (κ2) is 7.37. The predicted molar refractivity (Wildman–Crippen MR) is 104 cm³/mol. The second-order valence-electron chi connectivity index (χ2n) is 6.02. The van der Waals surface area contributed by atoms with E-state index in [9.17, 15) is 14.9 Å². The van der Waals surface area contributed by atoms with E-state index >= 15 is 0 Å². The van der Waals surface area contributed by atoms with Gasteiger partial charge in [0.2, 0.25) is 6.33 Å². The third-order valence-electron chi connectivity index (χ3n) is 4.31. The highest BCUT2D eigenvalue weighted by molar-refractivity contribution is 7.10. The van der Waals surface area contributed by atoms with E-state index in [1.807, 2.05) is 47.2 Å². The van der Waals surface area contributed by atoms with Crippen molar-refractivity contribution in [1.82, 2.24) is 14.8 Å². The summed E-state index contributed by atoms with van der Waals surface area (Å²) in [6, 6.07) is 7.27. The quantitative estimate of drug-likeness (QED) is 0.473. The number of hydrogen-bond donors (Lipinski definition) is 0. The first kappa shape index (κ1) is 17.5. The number of ketones is 1. The SMILES string of the molecule is O=C1C=C(C=Cc2cccs2)CC(c2cccs2)C1n1cnc([N+](=O)[O-])n1. The first-order valence-electron chi connectivity index (χ1n) is 8.17. The lowest BCUT2D eigenvalue weighted by atomic mass is 9.82. The van der Waals surface area contributed by atoms with Crippen molar-refractivity contribution in [1.29, 1.82) is 0 Å². The Morgan fingerprint density at radius 1 is 1.22 bits per heavy atom. The highest BCUT2D eigenvalue weighted by Crippen LogP contribution is 2.41. The first-order valence-corrected chi connectivity index (χ1v) is 9.92. The maximum atomic E-state index is 12.9. The minimum absolute atomic E-state index is 0.134. The number of carbonyl (C=O) groups excluding carboxylic acids is 1. The largest absolute Gasteiger partial charge is 0.490 e. The Labute approximate surface area is 162 Å². The van der Waals surface area contributed by atoms with Crippen LogP contribution in [0.5, 0.6) is 0 Å². The van der Waals surface area contributed by atoms with Crippen molar-refractivity contribution in [3.8, 4) is 0 Å². The molecule has 0 fully saturated rings. The van der Waals surface area contributed by atoms with Crippen molar-refractivity contribution in [2.24, 2.45) is 0 Å². The number of nitrogens with zero attached hydrogens (tertiary/aromatic N) is 4. The number of thiophene rings is 2. The van der Waals surface area contributed by atoms with Crippen LogP contribution in [0.25, 0.3) is 6.08 Å². The maximum Gasteiger partial charge on any atom is 0.490 e. The number of allylic oxidation sites excluding steroid dienone is 3. The summed E-state index contributed by atoms with van der Waals surface area (Å²) in [6.07, 6.45) is 7.47. The van der Waals surface area contributed by atoms with Crippen molar-refractivity contribution in [3.63, 3.8) is 0 Å². The molecule has 0 saturated carbocycles. The Hall–Kier alpha value is -2.91. The fraction of sp³-hybridized carbons (Fsp3) is 0.167. The van der Waals surface area contributed by atoms with Crippen LogP contribution in [-0.4, -0.2) is 25.5 Å². The molecule has 136 valence electrons. The summed E-state index contributed by atoms with van der Waals surface area (Å²) in [5.74, 6) is -0.780. The molecular weight excluding hydrogens is 384 g/mol. The molecule has 3 aromatic rings. The van der Waals surface area contributed by atoms with Gasteiger partial charge in [-0.15, -0.1) is 22.7 Å². The summed E-state index contributed by atoms with van der Waals surface area (Å²) in [7, 11) is 0. The van der Waals surface area contributed by atoms with E-state index in [1.54, 1.807) is 28.7 Å². The van der Waals surface area contributed by atoms with Crippen LogP contribution in [0.2, 0.25) is 0 Å². The fourth-order valence-corrected chi connectivity index (χ4v) is 4.62. The van der Waals surface area contributed by atoms with Gasteiger partial charge in [-0.25, -0.2) is 0 Å². The van der Waals surface area contributed by atoms with Crippen LogP contribution in [0.3, 0.4) is 0 Å². The topological polar surface area (TPSA) is 90.9 Å². The van der Waals surface area contributed by atoms with Crippen LogP contribution < -0.4 is 0 Å². The van der Waals surface area contributed by atoms with Gasteiger partial charge in [0, 0.05) is 20.8 Å². The summed E-state index contributed by atoms with van der Waals surface area (Å²) in [5, 5.41) is 18.8. The standard InChI is InChI=1S/C18H14N4O3S2/c23-15-10-12(5-6-13-3-1-7-26-13)9-14(16-4-2-8-27-16)17(15)21-11-19-18(20-21)22(24)25/h1-8,10-11,14,17H,9H2. The average molecular weight is 398 g/mol. The fourth-order valence-electron chi connectivity index (χ4n) is 3.14. The molecule has 0 spiro atoms. The zero-order chi connectivity index (χ0) is 18.8. The summed E-state index contributed by atoms with van der Waals surface area (Å²) in [6.45, 7) is 0. The molecule has 2 atom stereocenters. The molecule has 0 amide bonds. The lowest BCUT2D eigenvalue weighted by Gasteiger charge is -2.27. The number of nitro groups is 1. The monoisotopic (exact) mass is 398 g/mol. The van der Waals surface area contributed by atoms with Gasteiger partial charge in [-0.2, -0.15) is 4.68 Å². The highest BCUT2D eigenvalue weighted by atomic mass is 32.1. The van der Waals surface area contributed by atoms with Gasteiger partial charge in [0.25, 0.3) is 0 Å². The van der Waals surface area contributed by atoms with Crippen molar-refractivity contribution >= 4 is 40.5 Å². The van der Waals surface area contributed by atoms with E-state index in [0.717, 1.165) is 15.3 Å². The number of carbonyl (C=O) groups is 1. The molecule has 3 heterocycles. The Kier molecular flexibility index (Phi) is 4.78. The van der Waals surface area contributed by atoms with Gasteiger partial charge in [0.05, 0.1) is 0 Å². The Morgan fingerprint density at radius 2 is 2.04 bits per heavy atom. The molecule has 3 aromatic heterocycles. The van der Waals surface area contributed by atoms with Gasteiger partial charge in [-0.3, -0.25) is 4.79 Å². The van der Waals surface area contributed by atoms with E-state index in [0.29, 0.717) is 6.42 Å². The number of aromatic nitrogens is 3. The van der Waals surface area contributed by atoms with Crippen LogP contribution in [0.15, 0.2) is 59.1 Å². The van der Waals surface area contributed by atoms with Gasteiger partial charge in [0.15, 0.2) is 5.78 Å². The molecule has 2 unspecified atom stereocenters. The van der Waals surface area contributed by atoms with Crippen LogP contribution in [-0.2, 0) is 4.79 Å². The Bertz CT molecular complexity index is 1020.